The molecule has 0 saturated carbocycles. The molecule has 3 heteroatoms. The van der Waals surface area contributed by atoms with Crippen LogP contribution >= 0.6 is 0 Å². The second-order valence-electron chi connectivity index (χ2n) is 5.78. The van der Waals surface area contributed by atoms with Gasteiger partial charge >= 0.3 is 0 Å². The molecule has 0 aromatic carbocycles. The van der Waals surface area contributed by atoms with Gasteiger partial charge in [-0.15, -0.1) is 0 Å². The molecule has 0 unspecified atom stereocenters. The van der Waals surface area contributed by atoms with E-state index in [1.165, 1.54) is 0 Å². The average Bonchev–Trinajstić information content (AvgIpc) is 2.29. The van der Waals surface area contributed by atoms with Crippen LogP contribution in [0, 0.1) is 11.8 Å². The molecule has 104 valence electrons. The summed E-state index contributed by atoms with van der Waals surface area (Å²) in [6.07, 6.45) is 6.30. The van der Waals surface area contributed by atoms with Gasteiger partial charge < -0.3 is 4.43 Å². The van der Waals surface area contributed by atoms with Crippen molar-refractivity contribution in [3.05, 3.63) is 24.8 Å². The molecule has 0 aliphatic carbocycles. The summed E-state index contributed by atoms with van der Waals surface area (Å²) >= 11 is 0. The zero-order valence-electron chi connectivity index (χ0n) is 12.7. The molecule has 18 heavy (non-hydrogen) atoms. The van der Waals surface area contributed by atoms with E-state index in [4.69, 9.17) is 4.43 Å². The number of carbonyl (C=O) groups excluding carboxylic acids is 1. The largest absolute Gasteiger partial charge is 0.413 e. The van der Waals surface area contributed by atoms with Crippen molar-refractivity contribution >= 4 is 14.1 Å². The molecule has 0 fully saturated rings. The van der Waals surface area contributed by atoms with Crippen molar-refractivity contribution in [2.75, 3.05) is 0 Å². The predicted molar refractivity (Wildman–Crippen MR) is 81.2 cm³/mol. The zero-order chi connectivity index (χ0) is 14.3. The molecule has 0 radical (unpaired) electrons. The molecule has 0 aromatic rings. The van der Waals surface area contributed by atoms with Crippen LogP contribution in [0.1, 0.15) is 27.2 Å². The molecule has 0 bridgehead atoms. The lowest BCUT2D eigenvalue weighted by molar-refractivity contribution is -0.125. The molecule has 2 nitrogen and oxygen atoms in total. The molecule has 0 aliphatic rings. The van der Waals surface area contributed by atoms with E-state index in [0.717, 1.165) is 0 Å². The third kappa shape index (κ3) is 6.31. The number of rotatable bonds is 8. The quantitative estimate of drug-likeness (QED) is 0.487. The van der Waals surface area contributed by atoms with Crippen LogP contribution in [0.5, 0.6) is 0 Å². The number of allylic oxidation sites excluding steroid dienone is 2. The number of Topliss-reactive ketones (excluding diaryl/α,β-unsaturated/α-hetero) is 1. The molecule has 0 aliphatic heterocycles. The van der Waals surface area contributed by atoms with Crippen LogP contribution in [0.4, 0.5) is 0 Å². The van der Waals surface area contributed by atoms with Crippen LogP contribution in [0.2, 0.25) is 19.6 Å². The minimum absolute atomic E-state index is 0.0275. The fraction of sp³-hybridized carbons (Fsp3) is 0.667. The average molecular weight is 268 g/mol. The summed E-state index contributed by atoms with van der Waals surface area (Å²) in [4.78, 5) is 11.9. The van der Waals surface area contributed by atoms with Gasteiger partial charge in [0.25, 0.3) is 0 Å². The molecule has 3 atom stereocenters. The number of ketones is 1. The van der Waals surface area contributed by atoms with Gasteiger partial charge in [0, 0.05) is 12.3 Å². The molecular formula is C15H28O2Si. The Morgan fingerprint density at radius 3 is 2.28 bits per heavy atom. The first-order valence-corrected chi connectivity index (χ1v) is 10.1. The third-order valence-electron chi connectivity index (χ3n) is 2.91. The Balaban J connectivity index is 4.97. The van der Waals surface area contributed by atoms with E-state index in [9.17, 15) is 4.79 Å². The van der Waals surface area contributed by atoms with E-state index in [1.807, 2.05) is 19.9 Å². The van der Waals surface area contributed by atoms with Crippen LogP contribution in [-0.4, -0.2) is 20.2 Å². The van der Waals surface area contributed by atoms with Gasteiger partial charge in [-0.1, -0.05) is 45.6 Å². The summed E-state index contributed by atoms with van der Waals surface area (Å²) in [7, 11) is -1.66. The normalized spacial score (nSPS) is 17.4. The highest BCUT2D eigenvalue weighted by Gasteiger charge is 2.31. The molecule has 0 amide bonds. The summed E-state index contributed by atoms with van der Waals surface area (Å²) in [6, 6.07) is 0. The SMILES string of the molecule is C=C/C=C\[C@H](C)[C@H](O[Si](C)(C)C)[C@@H](C)C(=O)CC. The van der Waals surface area contributed by atoms with E-state index in [0.29, 0.717) is 6.42 Å². The minimum Gasteiger partial charge on any atom is -0.413 e. The number of hydrogen-bond acceptors (Lipinski definition) is 2. The summed E-state index contributed by atoms with van der Waals surface area (Å²) in [5.74, 6) is 0.448. The second kappa shape index (κ2) is 7.69. The van der Waals surface area contributed by atoms with Crippen molar-refractivity contribution in [1.82, 2.24) is 0 Å². The van der Waals surface area contributed by atoms with E-state index < -0.39 is 8.32 Å². The maximum absolute atomic E-state index is 11.9. The summed E-state index contributed by atoms with van der Waals surface area (Å²) < 4.78 is 6.21. The smallest absolute Gasteiger partial charge is 0.184 e. The molecule has 0 rings (SSSR count). The maximum atomic E-state index is 11.9. The number of carbonyl (C=O) groups is 1. The lowest BCUT2D eigenvalue weighted by atomic mass is 9.89. The highest BCUT2D eigenvalue weighted by atomic mass is 28.4. The first-order valence-electron chi connectivity index (χ1n) is 6.72. The highest BCUT2D eigenvalue weighted by Crippen LogP contribution is 2.24. The van der Waals surface area contributed by atoms with E-state index in [1.54, 1.807) is 6.08 Å². The van der Waals surface area contributed by atoms with Crippen LogP contribution in [-0.2, 0) is 9.22 Å². The van der Waals surface area contributed by atoms with Gasteiger partial charge in [-0.2, -0.15) is 0 Å². The Labute approximate surface area is 113 Å². The minimum atomic E-state index is -1.66. The van der Waals surface area contributed by atoms with Crippen LogP contribution in [0.3, 0.4) is 0 Å². The van der Waals surface area contributed by atoms with Crippen molar-refractivity contribution in [1.29, 1.82) is 0 Å². The van der Waals surface area contributed by atoms with E-state index in [2.05, 4.69) is 39.2 Å². The molecule has 0 N–H and O–H groups in total. The Bertz CT molecular complexity index is 302. The summed E-state index contributed by atoms with van der Waals surface area (Å²) in [5.41, 5.74) is 0. The first-order chi connectivity index (χ1) is 8.22. The number of hydrogen-bond donors (Lipinski definition) is 0. The lowest BCUT2D eigenvalue weighted by Gasteiger charge is -2.33. The fourth-order valence-electron chi connectivity index (χ4n) is 1.94. The Kier molecular flexibility index (Phi) is 7.41. The van der Waals surface area contributed by atoms with Crippen molar-refractivity contribution in [2.45, 2.75) is 52.9 Å². The Morgan fingerprint density at radius 2 is 1.89 bits per heavy atom. The Morgan fingerprint density at radius 1 is 1.33 bits per heavy atom. The summed E-state index contributed by atoms with van der Waals surface area (Å²) in [6.45, 7) is 16.2. The predicted octanol–water partition coefficient (Wildman–Crippen LogP) is 4.20. The standard InChI is InChI=1S/C15H28O2Si/c1-8-10-11-12(3)15(17-18(5,6)7)13(4)14(16)9-2/h8,10-13,15H,1,9H2,2-7H3/b11-10-/t12-,13-,15-/m0/s1. The zero-order valence-corrected chi connectivity index (χ0v) is 13.7. The van der Waals surface area contributed by atoms with Crippen molar-refractivity contribution < 1.29 is 9.22 Å². The topological polar surface area (TPSA) is 26.3 Å². The van der Waals surface area contributed by atoms with Crippen LogP contribution in [0.25, 0.3) is 0 Å². The summed E-state index contributed by atoms with van der Waals surface area (Å²) in [5, 5.41) is 0. The second-order valence-corrected chi connectivity index (χ2v) is 10.2. The van der Waals surface area contributed by atoms with Gasteiger partial charge in [0.1, 0.15) is 5.78 Å². The van der Waals surface area contributed by atoms with Gasteiger partial charge in [0.2, 0.25) is 0 Å². The highest BCUT2D eigenvalue weighted by molar-refractivity contribution is 6.69. The first kappa shape index (κ1) is 17.3. The monoisotopic (exact) mass is 268 g/mol. The fourth-order valence-corrected chi connectivity index (χ4v) is 3.18. The third-order valence-corrected chi connectivity index (χ3v) is 3.89. The van der Waals surface area contributed by atoms with Gasteiger partial charge in [-0.05, 0) is 25.6 Å². The molecule has 0 spiro atoms. The Hall–Kier alpha value is -0.673. The molecular weight excluding hydrogens is 240 g/mol. The van der Waals surface area contributed by atoms with Gasteiger partial charge in [-0.3, -0.25) is 4.79 Å². The van der Waals surface area contributed by atoms with Gasteiger partial charge in [0.05, 0.1) is 6.10 Å². The van der Waals surface area contributed by atoms with E-state index >= 15 is 0 Å². The molecule has 0 aromatic heterocycles. The van der Waals surface area contributed by atoms with Crippen LogP contribution < -0.4 is 0 Å². The van der Waals surface area contributed by atoms with Crippen molar-refractivity contribution in [3.8, 4) is 0 Å². The molecule has 0 heterocycles. The van der Waals surface area contributed by atoms with Gasteiger partial charge in [-0.25, -0.2) is 0 Å². The van der Waals surface area contributed by atoms with Crippen LogP contribution in [0.15, 0.2) is 24.8 Å². The van der Waals surface area contributed by atoms with Crippen molar-refractivity contribution in [3.63, 3.8) is 0 Å². The van der Waals surface area contributed by atoms with E-state index in [-0.39, 0.29) is 23.7 Å². The van der Waals surface area contributed by atoms with Gasteiger partial charge in [0.15, 0.2) is 8.32 Å². The maximum Gasteiger partial charge on any atom is 0.184 e. The lowest BCUT2D eigenvalue weighted by Crippen LogP contribution is -2.41. The molecule has 0 saturated heterocycles. The van der Waals surface area contributed by atoms with Crippen molar-refractivity contribution in [2.24, 2.45) is 11.8 Å².